The smallest absolute Gasteiger partial charge is 0.248 e. The third-order valence-electron chi connectivity index (χ3n) is 4.15. The Bertz CT molecular complexity index is 547. The van der Waals surface area contributed by atoms with Crippen LogP contribution >= 0.6 is 11.3 Å². The van der Waals surface area contributed by atoms with Crippen LogP contribution in [0.1, 0.15) is 55.1 Å². The third kappa shape index (κ3) is 3.12. The average molecular weight is 314 g/mol. The predicted molar refractivity (Wildman–Crippen MR) is 73.1 cm³/mol. The second-order valence-electron chi connectivity index (χ2n) is 5.67. The van der Waals surface area contributed by atoms with Gasteiger partial charge in [-0.1, -0.05) is 0 Å². The highest BCUT2D eigenvalue weighted by Gasteiger charge is 2.36. The number of imide groups is 1. The van der Waals surface area contributed by atoms with Gasteiger partial charge >= 0.3 is 0 Å². The van der Waals surface area contributed by atoms with Gasteiger partial charge in [0.1, 0.15) is 5.01 Å². The standard InChI is InChI=1S/C14H16F2N2O2S/c15-14(16)5-3-9(4-6-14)10-8-21-11(17-10)7-18-12(19)1-2-13(18)20/h8-9H,1-7H2. The molecule has 7 heteroatoms. The molecule has 0 unspecified atom stereocenters. The van der Waals surface area contributed by atoms with E-state index in [9.17, 15) is 18.4 Å². The molecule has 1 aromatic heterocycles. The molecule has 0 bridgehead atoms. The number of rotatable bonds is 3. The number of hydrogen-bond acceptors (Lipinski definition) is 4. The minimum absolute atomic E-state index is 0.0691. The first-order valence-electron chi connectivity index (χ1n) is 7.10. The summed E-state index contributed by atoms with van der Waals surface area (Å²) in [5, 5.41) is 2.57. The molecule has 1 saturated carbocycles. The Kier molecular flexibility index (Phi) is 3.77. The van der Waals surface area contributed by atoms with E-state index in [0.717, 1.165) is 5.69 Å². The van der Waals surface area contributed by atoms with Crippen LogP contribution in [-0.4, -0.2) is 27.6 Å². The molecule has 1 aliphatic carbocycles. The molecule has 1 saturated heterocycles. The van der Waals surface area contributed by atoms with Crippen LogP contribution in [0.15, 0.2) is 5.38 Å². The maximum Gasteiger partial charge on any atom is 0.248 e. The van der Waals surface area contributed by atoms with E-state index in [1.165, 1.54) is 16.2 Å². The molecule has 0 N–H and O–H groups in total. The molecule has 0 aromatic carbocycles. The van der Waals surface area contributed by atoms with Gasteiger partial charge in [0.15, 0.2) is 0 Å². The monoisotopic (exact) mass is 314 g/mol. The van der Waals surface area contributed by atoms with Crippen LogP contribution in [0.3, 0.4) is 0 Å². The van der Waals surface area contributed by atoms with Crippen molar-refractivity contribution in [3.05, 3.63) is 16.1 Å². The Hall–Kier alpha value is -1.37. The van der Waals surface area contributed by atoms with Crippen LogP contribution in [0.25, 0.3) is 0 Å². The first-order chi connectivity index (χ1) is 9.94. The van der Waals surface area contributed by atoms with Gasteiger partial charge in [0.05, 0.1) is 12.2 Å². The maximum absolute atomic E-state index is 13.2. The summed E-state index contributed by atoms with van der Waals surface area (Å²) in [4.78, 5) is 28.8. The van der Waals surface area contributed by atoms with Crippen molar-refractivity contribution >= 4 is 23.2 Å². The lowest BCUT2D eigenvalue weighted by Gasteiger charge is -2.27. The van der Waals surface area contributed by atoms with Crippen molar-refractivity contribution in [1.82, 2.24) is 9.88 Å². The molecule has 3 rings (SSSR count). The highest BCUT2D eigenvalue weighted by molar-refractivity contribution is 7.09. The van der Waals surface area contributed by atoms with E-state index in [1.54, 1.807) is 0 Å². The molecule has 2 heterocycles. The van der Waals surface area contributed by atoms with Gasteiger partial charge < -0.3 is 0 Å². The van der Waals surface area contributed by atoms with E-state index in [-0.39, 0.29) is 50.0 Å². The number of likely N-dealkylation sites (tertiary alicyclic amines) is 1. The molecule has 4 nitrogen and oxygen atoms in total. The molecular weight excluding hydrogens is 298 g/mol. The van der Waals surface area contributed by atoms with Crippen LogP contribution in [0.4, 0.5) is 8.78 Å². The third-order valence-corrected chi connectivity index (χ3v) is 5.00. The first kappa shape index (κ1) is 14.6. The molecule has 21 heavy (non-hydrogen) atoms. The summed E-state index contributed by atoms with van der Waals surface area (Å²) in [5.74, 6) is -2.79. The number of nitrogens with zero attached hydrogens (tertiary/aromatic N) is 2. The van der Waals surface area contributed by atoms with E-state index in [0.29, 0.717) is 17.8 Å². The Balaban J connectivity index is 1.64. The van der Waals surface area contributed by atoms with Crippen molar-refractivity contribution in [3.8, 4) is 0 Å². The Morgan fingerprint density at radius 2 is 1.86 bits per heavy atom. The van der Waals surface area contributed by atoms with E-state index < -0.39 is 5.92 Å². The van der Waals surface area contributed by atoms with Gasteiger partial charge in [-0.3, -0.25) is 14.5 Å². The fraction of sp³-hybridized carbons (Fsp3) is 0.643. The van der Waals surface area contributed by atoms with Crippen molar-refractivity contribution in [1.29, 1.82) is 0 Å². The van der Waals surface area contributed by atoms with Gasteiger partial charge in [-0.2, -0.15) is 0 Å². The van der Waals surface area contributed by atoms with Gasteiger partial charge in [-0.15, -0.1) is 11.3 Å². The van der Waals surface area contributed by atoms with Crippen molar-refractivity contribution in [2.24, 2.45) is 0 Å². The molecular formula is C14H16F2N2O2S. The first-order valence-corrected chi connectivity index (χ1v) is 7.98. The van der Waals surface area contributed by atoms with Crippen LogP contribution < -0.4 is 0 Å². The van der Waals surface area contributed by atoms with Crippen LogP contribution in [0.5, 0.6) is 0 Å². The fourth-order valence-electron chi connectivity index (χ4n) is 2.86. The van der Waals surface area contributed by atoms with Gasteiger partial charge in [0.2, 0.25) is 17.7 Å². The quantitative estimate of drug-likeness (QED) is 0.806. The van der Waals surface area contributed by atoms with E-state index in [1.807, 2.05) is 5.38 Å². The van der Waals surface area contributed by atoms with Crippen molar-refractivity contribution < 1.29 is 18.4 Å². The highest BCUT2D eigenvalue weighted by Crippen LogP contribution is 2.41. The minimum atomic E-state index is -2.54. The number of thiazole rings is 1. The zero-order valence-corrected chi connectivity index (χ0v) is 12.3. The second-order valence-corrected chi connectivity index (χ2v) is 6.61. The highest BCUT2D eigenvalue weighted by atomic mass is 32.1. The van der Waals surface area contributed by atoms with Crippen LogP contribution in [0.2, 0.25) is 0 Å². The summed E-state index contributed by atoms with van der Waals surface area (Å²) in [7, 11) is 0. The Morgan fingerprint density at radius 1 is 1.24 bits per heavy atom. The topological polar surface area (TPSA) is 50.3 Å². The van der Waals surface area contributed by atoms with Gasteiger partial charge in [-0.05, 0) is 12.8 Å². The molecule has 0 spiro atoms. The number of alkyl halides is 2. The zero-order valence-electron chi connectivity index (χ0n) is 11.5. The Morgan fingerprint density at radius 3 is 2.48 bits per heavy atom. The normalized spacial score (nSPS) is 23.0. The summed E-state index contributed by atoms with van der Waals surface area (Å²) >= 11 is 1.39. The summed E-state index contributed by atoms with van der Waals surface area (Å²) in [6.45, 7) is 0.214. The largest absolute Gasteiger partial charge is 0.276 e. The Labute approximate surface area is 125 Å². The molecule has 2 amide bonds. The maximum atomic E-state index is 13.2. The van der Waals surface area contributed by atoms with Crippen LogP contribution in [-0.2, 0) is 16.1 Å². The number of amides is 2. The molecule has 0 atom stereocenters. The summed E-state index contributed by atoms with van der Waals surface area (Å²) in [6.07, 6.45) is 1.25. The molecule has 2 fully saturated rings. The number of aromatic nitrogens is 1. The van der Waals surface area contributed by atoms with Gasteiger partial charge in [0, 0.05) is 37.0 Å². The SMILES string of the molecule is O=C1CCC(=O)N1Cc1nc(C2CCC(F)(F)CC2)cs1. The van der Waals surface area contributed by atoms with Crippen molar-refractivity contribution in [2.75, 3.05) is 0 Å². The van der Waals surface area contributed by atoms with Crippen molar-refractivity contribution in [3.63, 3.8) is 0 Å². The number of hydrogen-bond donors (Lipinski definition) is 0. The zero-order chi connectivity index (χ0) is 15.0. The lowest BCUT2D eigenvalue weighted by Crippen LogP contribution is -2.28. The van der Waals surface area contributed by atoms with Crippen molar-refractivity contribution in [2.45, 2.75) is 56.9 Å². The minimum Gasteiger partial charge on any atom is -0.276 e. The van der Waals surface area contributed by atoms with Gasteiger partial charge in [0.25, 0.3) is 0 Å². The number of carbonyl (C=O) groups is 2. The van der Waals surface area contributed by atoms with E-state index in [2.05, 4.69) is 4.98 Å². The summed E-state index contributed by atoms with van der Waals surface area (Å²) in [5.41, 5.74) is 0.824. The molecule has 2 aliphatic rings. The van der Waals surface area contributed by atoms with Gasteiger partial charge in [-0.25, -0.2) is 13.8 Å². The number of halogens is 2. The predicted octanol–water partition coefficient (Wildman–Crippen LogP) is 3.09. The molecule has 114 valence electrons. The lowest BCUT2D eigenvalue weighted by atomic mass is 9.85. The van der Waals surface area contributed by atoms with Crippen LogP contribution in [0, 0.1) is 0 Å². The average Bonchev–Trinajstić information content (AvgIpc) is 3.01. The second kappa shape index (κ2) is 5.44. The number of carbonyl (C=O) groups excluding carboxylic acids is 2. The fourth-order valence-corrected chi connectivity index (χ4v) is 3.72. The van der Waals surface area contributed by atoms with E-state index in [4.69, 9.17) is 0 Å². The lowest BCUT2D eigenvalue weighted by molar-refractivity contribution is -0.139. The molecule has 0 radical (unpaired) electrons. The summed E-state index contributed by atoms with van der Waals surface area (Å²) < 4.78 is 26.3. The van der Waals surface area contributed by atoms with E-state index >= 15 is 0 Å². The molecule has 1 aromatic rings. The summed E-state index contributed by atoms with van der Waals surface area (Å²) in [6, 6.07) is 0. The molecule has 1 aliphatic heterocycles.